The number of amides is 1. The number of aromatic nitrogens is 1. The van der Waals surface area contributed by atoms with Crippen LogP contribution < -0.4 is 10.2 Å². The molecule has 0 aromatic carbocycles. The number of aryl methyl sites for hydroxylation is 1. The number of thiazole rings is 1. The average Bonchev–Trinajstić information content (AvgIpc) is 3.24. The van der Waals surface area contributed by atoms with Crippen molar-refractivity contribution in [3.8, 4) is 0 Å². The lowest BCUT2D eigenvalue weighted by atomic mass is 9.96. The molecule has 0 aliphatic carbocycles. The Morgan fingerprint density at radius 3 is 2.91 bits per heavy atom. The van der Waals surface area contributed by atoms with Crippen molar-refractivity contribution in [1.29, 1.82) is 0 Å². The highest BCUT2D eigenvalue weighted by molar-refractivity contribution is 7.13. The van der Waals surface area contributed by atoms with E-state index in [4.69, 9.17) is 4.42 Å². The van der Waals surface area contributed by atoms with Gasteiger partial charge >= 0.3 is 0 Å². The van der Waals surface area contributed by atoms with Gasteiger partial charge in [0.2, 0.25) is 5.91 Å². The number of aliphatic hydroxyl groups is 1. The molecule has 1 amide bonds. The first-order valence-electron chi connectivity index (χ1n) is 7.79. The fourth-order valence-corrected chi connectivity index (χ4v) is 3.66. The molecule has 0 bridgehead atoms. The maximum absolute atomic E-state index is 12.4. The van der Waals surface area contributed by atoms with Crippen LogP contribution in [0.2, 0.25) is 0 Å². The Kier molecular flexibility index (Phi) is 4.97. The molecule has 124 valence electrons. The first kappa shape index (κ1) is 16.0. The lowest BCUT2D eigenvalue weighted by molar-refractivity contribution is -0.126. The number of piperidine rings is 1. The van der Waals surface area contributed by atoms with Crippen molar-refractivity contribution in [3.05, 3.63) is 35.2 Å². The molecule has 3 heterocycles. The Morgan fingerprint density at radius 1 is 1.57 bits per heavy atom. The molecule has 7 heteroatoms. The molecular formula is C16H21N3O3S. The van der Waals surface area contributed by atoms with Gasteiger partial charge in [0.05, 0.1) is 18.6 Å². The van der Waals surface area contributed by atoms with Crippen LogP contribution >= 0.6 is 11.3 Å². The third-order valence-corrected chi connectivity index (χ3v) is 5.15. The van der Waals surface area contributed by atoms with Gasteiger partial charge in [0.15, 0.2) is 5.13 Å². The van der Waals surface area contributed by atoms with E-state index in [2.05, 4.69) is 15.2 Å². The predicted molar refractivity (Wildman–Crippen MR) is 88.5 cm³/mol. The van der Waals surface area contributed by atoms with Gasteiger partial charge < -0.3 is 19.7 Å². The van der Waals surface area contributed by atoms with Crippen LogP contribution in [0.1, 0.15) is 30.3 Å². The Balaban J connectivity index is 1.53. The number of rotatable bonds is 5. The number of anilines is 1. The van der Waals surface area contributed by atoms with E-state index >= 15 is 0 Å². The Hall–Kier alpha value is -1.86. The van der Waals surface area contributed by atoms with E-state index < -0.39 is 6.04 Å². The molecule has 0 radical (unpaired) electrons. The third-order valence-electron chi connectivity index (χ3n) is 4.13. The summed E-state index contributed by atoms with van der Waals surface area (Å²) in [5.41, 5.74) is 1.04. The highest BCUT2D eigenvalue weighted by atomic mass is 32.1. The highest BCUT2D eigenvalue weighted by Gasteiger charge is 2.28. The number of carbonyl (C=O) groups excluding carboxylic acids is 1. The Labute approximate surface area is 139 Å². The first-order chi connectivity index (χ1) is 11.2. The molecule has 1 aliphatic rings. The van der Waals surface area contributed by atoms with Crippen molar-refractivity contribution in [2.24, 2.45) is 5.92 Å². The lowest BCUT2D eigenvalue weighted by Gasteiger charge is -2.31. The SMILES string of the molecule is Cc1csc(N2CCC(C(=O)NC(CO)c3ccco3)CC2)n1. The fourth-order valence-electron chi connectivity index (χ4n) is 2.81. The molecule has 6 nitrogen and oxygen atoms in total. The van der Waals surface area contributed by atoms with Gasteiger partial charge in [0.25, 0.3) is 0 Å². The molecule has 2 aromatic heterocycles. The monoisotopic (exact) mass is 335 g/mol. The molecule has 0 spiro atoms. The normalized spacial score (nSPS) is 17.2. The van der Waals surface area contributed by atoms with E-state index in [9.17, 15) is 9.90 Å². The van der Waals surface area contributed by atoms with Crippen molar-refractivity contribution >= 4 is 22.4 Å². The van der Waals surface area contributed by atoms with Crippen molar-refractivity contribution in [3.63, 3.8) is 0 Å². The van der Waals surface area contributed by atoms with Gasteiger partial charge in [0, 0.05) is 24.4 Å². The summed E-state index contributed by atoms with van der Waals surface area (Å²) in [6.45, 7) is 3.48. The molecule has 1 aliphatic heterocycles. The van der Waals surface area contributed by atoms with Crippen LogP contribution in [0.4, 0.5) is 5.13 Å². The van der Waals surface area contributed by atoms with Gasteiger partial charge in [-0.1, -0.05) is 0 Å². The second-order valence-corrected chi connectivity index (χ2v) is 6.63. The van der Waals surface area contributed by atoms with Crippen LogP contribution in [0.15, 0.2) is 28.2 Å². The van der Waals surface area contributed by atoms with Crippen LogP contribution in [0.25, 0.3) is 0 Å². The molecule has 23 heavy (non-hydrogen) atoms. The first-order valence-corrected chi connectivity index (χ1v) is 8.67. The average molecular weight is 335 g/mol. The third kappa shape index (κ3) is 3.73. The van der Waals surface area contributed by atoms with Crippen LogP contribution in [0, 0.1) is 12.8 Å². The predicted octanol–water partition coefficient (Wildman–Crippen LogP) is 2.11. The van der Waals surface area contributed by atoms with E-state index in [0.717, 1.165) is 36.8 Å². The number of hydrogen-bond donors (Lipinski definition) is 2. The molecule has 1 atom stereocenters. The van der Waals surface area contributed by atoms with Crippen LogP contribution in [-0.2, 0) is 4.79 Å². The zero-order valence-corrected chi connectivity index (χ0v) is 13.9. The number of nitrogens with one attached hydrogen (secondary N) is 1. The lowest BCUT2D eigenvalue weighted by Crippen LogP contribution is -2.42. The minimum Gasteiger partial charge on any atom is -0.467 e. The largest absolute Gasteiger partial charge is 0.467 e. The molecule has 0 saturated carbocycles. The van der Waals surface area contributed by atoms with Crippen molar-refractivity contribution in [2.45, 2.75) is 25.8 Å². The molecule has 2 aromatic rings. The van der Waals surface area contributed by atoms with E-state index in [-0.39, 0.29) is 18.4 Å². The van der Waals surface area contributed by atoms with E-state index in [0.29, 0.717) is 5.76 Å². The van der Waals surface area contributed by atoms with E-state index in [1.165, 1.54) is 0 Å². The van der Waals surface area contributed by atoms with Crippen LogP contribution in [0.3, 0.4) is 0 Å². The summed E-state index contributed by atoms with van der Waals surface area (Å²) in [5.74, 6) is 0.531. The maximum atomic E-state index is 12.4. The topological polar surface area (TPSA) is 78.6 Å². The highest BCUT2D eigenvalue weighted by Crippen LogP contribution is 2.26. The molecule has 1 fully saturated rings. The fraction of sp³-hybridized carbons (Fsp3) is 0.500. The van der Waals surface area contributed by atoms with Gasteiger partial charge in [-0.05, 0) is 31.9 Å². The van der Waals surface area contributed by atoms with E-state index in [1.807, 2.05) is 12.3 Å². The molecular weight excluding hydrogens is 314 g/mol. The van der Waals surface area contributed by atoms with Crippen molar-refractivity contribution < 1.29 is 14.3 Å². The van der Waals surface area contributed by atoms with Crippen LogP contribution in [0.5, 0.6) is 0 Å². The second-order valence-electron chi connectivity index (χ2n) is 5.79. The van der Waals surface area contributed by atoms with Crippen molar-refractivity contribution in [1.82, 2.24) is 10.3 Å². The number of carbonyl (C=O) groups is 1. The summed E-state index contributed by atoms with van der Waals surface area (Å²) in [7, 11) is 0. The summed E-state index contributed by atoms with van der Waals surface area (Å²) in [5, 5.41) is 15.4. The second kappa shape index (κ2) is 7.14. The van der Waals surface area contributed by atoms with Crippen LogP contribution in [-0.4, -0.2) is 35.7 Å². The van der Waals surface area contributed by atoms with Crippen molar-refractivity contribution in [2.75, 3.05) is 24.6 Å². The summed E-state index contributed by atoms with van der Waals surface area (Å²) in [6, 6.07) is 3.03. The summed E-state index contributed by atoms with van der Waals surface area (Å²) >= 11 is 1.65. The molecule has 2 N–H and O–H groups in total. The smallest absolute Gasteiger partial charge is 0.223 e. The molecule has 1 saturated heterocycles. The molecule has 3 rings (SSSR count). The molecule has 1 unspecified atom stereocenters. The summed E-state index contributed by atoms with van der Waals surface area (Å²) in [6.07, 6.45) is 3.13. The Bertz CT molecular complexity index is 633. The van der Waals surface area contributed by atoms with Gasteiger partial charge in [-0.25, -0.2) is 4.98 Å². The zero-order valence-electron chi connectivity index (χ0n) is 13.1. The minimum atomic E-state index is -0.475. The number of hydrogen-bond acceptors (Lipinski definition) is 6. The summed E-state index contributed by atoms with van der Waals surface area (Å²) in [4.78, 5) is 19.1. The maximum Gasteiger partial charge on any atom is 0.223 e. The van der Waals surface area contributed by atoms with E-state index in [1.54, 1.807) is 29.7 Å². The Morgan fingerprint density at radius 2 is 2.35 bits per heavy atom. The number of nitrogens with zero attached hydrogens (tertiary/aromatic N) is 2. The quantitative estimate of drug-likeness (QED) is 0.875. The van der Waals surface area contributed by atoms with Gasteiger partial charge in [-0.3, -0.25) is 4.79 Å². The summed E-state index contributed by atoms with van der Waals surface area (Å²) < 4.78 is 5.26. The van der Waals surface area contributed by atoms with Gasteiger partial charge in [-0.15, -0.1) is 11.3 Å². The minimum absolute atomic E-state index is 0.0181. The number of furan rings is 1. The van der Waals surface area contributed by atoms with Gasteiger partial charge in [-0.2, -0.15) is 0 Å². The number of aliphatic hydroxyl groups excluding tert-OH is 1. The van der Waals surface area contributed by atoms with Gasteiger partial charge in [0.1, 0.15) is 11.8 Å². The zero-order chi connectivity index (χ0) is 16.2. The standard InChI is InChI=1S/C16H21N3O3S/c1-11-10-23-16(17-11)19-6-4-12(5-7-19)15(21)18-13(9-20)14-3-2-8-22-14/h2-3,8,10,12-13,20H,4-7,9H2,1H3,(H,18,21).